The van der Waals surface area contributed by atoms with Gasteiger partial charge in [-0.1, -0.05) is 80.7 Å². The molecule has 9 rings (SSSR count). The highest BCUT2D eigenvalue weighted by Crippen LogP contribution is 2.59. The van der Waals surface area contributed by atoms with Gasteiger partial charge < -0.3 is 41.7 Å². The lowest BCUT2D eigenvalue weighted by atomic mass is 9.83. The number of nitrogens with zero attached hydrogens (tertiary/aromatic N) is 2. The van der Waals surface area contributed by atoms with Crippen molar-refractivity contribution in [2.45, 2.75) is 158 Å². The van der Waals surface area contributed by atoms with Crippen LogP contribution >= 0.6 is 18.9 Å². The van der Waals surface area contributed by atoms with E-state index in [2.05, 4.69) is 38.4 Å². The highest BCUT2D eigenvalue weighted by molar-refractivity contribution is 7.52. The van der Waals surface area contributed by atoms with Gasteiger partial charge in [-0.25, -0.2) is 0 Å². The summed E-state index contributed by atoms with van der Waals surface area (Å²) in [5.41, 5.74) is 4.07. The lowest BCUT2D eigenvalue weighted by Gasteiger charge is -2.32. The Bertz CT molecular complexity index is 3330. The molecule has 5 atom stereocenters. The number of piperidine rings is 1. The lowest BCUT2D eigenvalue weighted by molar-refractivity contribution is -0.137. The van der Waals surface area contributed by atoms with Crippen LogP contribution in [0.4, 0.5) is 14.5 Å². The van der Waals surface area contributed by atoms with Crippen LogP contribution in [0, 0.1) is 17.8 Å². The quantitative estimate of drug-likeness (QED) is 0.0231. The minimum absolute atomic E-state index is 0.0333. The molecule has 20 nitrogen and oxygen atoms in total. The number of aryl methyl sites for hydroxylation is 1. The van der Waals surface area contributed by atoms with Crippen molar-refractivity contribution in [3.63, 3.8) is 0 Å². The Kier molecular flexibility index (Phi) is 18.4. The SMILES string of the molecule is NC(=O)CC[C@H](NC(=O)[C@@H]1Cc2cccc3c2N1C(=O)[C@@H](NC(=O)c1cc2cc(C(F)(F)P(=O)(O)O)ccc2s1)CC3)C(=O)N[C@H](C(=O)NCCCCCCCC#Cc1cccc2c1CN(C1CCC(=O)NC1=O)C2=O)C1CCCCC1. The summed E-state index contributed by atoms with van der Waals surface area (Å²) < 4.78 is 41.0. The summed E-state index contributed by atoms with van der Waals surface area (Å²) in [7, 11) is -5.86. The number of hydrogen-bond acceptors (Lipinski definition) is 11. The van der Waals surface area contributed by atoms with E-state index in [1.54, 1.807) is 24.3 Å². The van der Waals surface area contributed by atoms with Gasteiger partial charge in [-0.3, -0.25) is 57.9 Å². The zero-order valence-electron chi connectivity index (χ0n) is 44.9. The topological polar surface area (TPSA) is 304 Å². The number of hydrogen-bond donors (Lipinski definition) is 8. The van der Waals surface area contributed by atoms with Gasteiger partial charge in [0, 0.05) is 60.2 Å². The molecule has 82 heavy (non-hydrogen) atoms. The molecule has 3 aromatic carbocycles. The number of nitrogens with two attached hydrogens (primary N) is 1. The van der Waals surface area contributed by atoms with Crippen LogP contribution in [0.25, 0.3) is 10.1 Å². The monoisotopic (exact) mass is 1170 g/mol. The Labute approximate surface area is 475 Å². The normalized spacial score (nSPS) is 19.7. The van der Waals surface area contributed by atoms with Crippen molar-refractivity contribution in [2.75, 3.05) is 11.4 Å². The summed E-state index contributed by atoms with van der Waals surface area (Å²) in [4.78, 5) is 142. The number of benzene rings is 3. The second-order valence-corrected chi connectivity index (χ2v) is 24.4. The smallest absolute Gasteiger partial charge is 0.370 e. The minimum Gasteiger partial charge on any atom is -0.370 e. The number of imide groups is 1. The number of anilines is 1. The third-order valence-electron chi connectivity index (χ3n) is 16.1. The number of rotatable bonds is 21. The largest absolute Gasteiger partial charge is 0.399 e. The Hall–Kier alpha value is -7.38. The molecule has 1 aliphatic carbocycles. The molecule has 0 spiro atoms. The number of nitrogens with one attached hydrogen (secondary N) is 5. The fourth-order valence-electron chi connectivity index (χ4n) is 11.7. The summed E-state index contributed by atoms with van der Waals surface area (Å²) >= 11 is 0.924. The average Bonchev–Trinajstić information content (AvgIpc) is 4.37. The van der Waals surface area contributed by atoms with Crippen molar-refractivity contribution in [3.8, 4) is 11.8 Å². The molecule has 434 valence electrons. The van der Waals surface area contributed by atoms with Crippen LogP contribution in [0.2, 0.25) is 0 Å². The van der Waals surface area contributed by atoms with Gasteiger partial charge in [0.1, 0.15) is 30.2 Å². The van der Waals surface area contributed by atoms with Crippen LogP contribution in [0.5, 0.6) is 0 Å². The molecule has 0 bridgehead atoms. The summed E-state index contributed by atoms with van der Waals surface area (Å²) in [5.74, 6) is 1.31. The predicted molar refractivity (Wildman–Crippen MR) is 298 cm³/mol. The van der Waals surface area contributed by atoms with Gasteiger partial charge >= 0.3 is 13.3 Å². The molecule has 9 amide bonds. The maximum absolute atomic E-state index is 14.6. The summed E-state index contributed by atoms with van der Waals surface area (Å²) in [5, 5.41) is 13.9. The number of para-hydroxylation sites is 1. The molecule has 1 saturated carbocycles. The Morgan fingerprint density at radius 2 is 1.61 bits per heavy atom. The molecule has 4 aliphatic heterocycles. The van der Waals surface area contributed by atoms with E-state index < -0.39 is 84.5 Å². The molecule has 24 heteroatoms. The molecule has 1 unspecified atom stereocenters. The number of amides is 9. The number of halogens is 2. The first-order valence-electron chi connectivity index (χ1n) is 27.8. The third kappa shape index (κ3) is 13.1. The predicted octanol–water partition coefficient (Wildman–Crippen LogP) is 5.22. The highest BCUT2D eigenvalue weighted by atomic mass is 32.1. The standard InChI is InChI=1S/C58H65F2N8O12PS/c59-58(60,81(78,79)80)38-21-25-45-37(29-38)31-46(82-45)54(74)64-42-22-20-35-17-11-18-36-30-44(68(50(35)36)57(42)77)53(73)63-41(23-26-47(61)69)51(71)66-49(34-14-8-6-9-15-34)55(75)62-28-10-5-3-1-2-4-7-13-33-16-12-19-39-40(33)32-67(56(39)76)43-24-27-48(70)65-52(43)72/h11-12,16-19,21,25,29,31,34,41-44,49H,1-6,8-10,14-15,20,22-24,26-28,30,32H2,(H2,61,69)(H,62,75)(H,63,73)(H,64,74)(H,66,71)(H,65,70,72)(H2,78,79,80)/t41-,42-,43?,44-,49-/m0/s1. The highest BCUT2D eigenvalue weighted by Gasteiger charge is 2.51. The maximum Gasteiger partial charge on any atom is 0.399 e. The van der Waals surface area contributed by atoms with E-state index in [9.17, 15) is 66.3 Å². The zero-order valence-corrected chi connectivity index (χ0v) is 46.7. The van der Waals surface area contributed by atoms with Crippen LogP contribution < -0.4 is 37.2 Å². The van der Waals surface area contributed by atoms with Gasteiger partial charge in [0.05, 0.1) is 10.6 Å². The first kappa shape index (κ1) is 59.2. The van der Waals surface area contributed by atoms with Crippen molar-refractivity contribution in [1.29, 1.82) is 0 Å². The van der Waals surface area contributed by atoms with Crippen molar-refractivity contribution in [1.82, 2.24) is 31.5 Å². The average molecular weight is 1170 g/mol. The molecule has 1 aromatic heterocycles. The second kappa shape index (κ2) is 25.4. The number of thiophene rings is 1. The van der Waals surface area contributed by atoms with E-state index in [-0.39, 0.29) is 79.0 Å². The van der Waals surface area contributed by atoms with Gasteiger partial charge in [-0.05, 0) is 110 Å². The van der Waals surface area contributed by atoms with E-state index >= 15 is 0 Å². The van der Waals surface area contributed by atoms with Crippen LogP contribution in [0.15, 0.2) is 60.7 Å². The summed E-state index contributed by atoms with van der Waals surface area (Å²) in [6.45, 7) is 0.605. The molecule has 1 saturated heterocycles. The van der Waals surface area contributed by atoms with Crippen molar-refractivity contribution in [3.05, 3.63) is 98.9 Å². The van der Waals surface area contributed by atoms with Gasteiger partial charge in [0.2, 0.25) is 41.4 Å². The fourth-order valence-corrected chi connectivity index (χ4v) is 13.1. The van der Waals surface area contributed by atoms with E-state index in [0.29, 0.717) is 60.2 Å². The van der Waals surface area contributed by atoms with Crippen molar-refractivity contribution >= 4 is 87.9 Å². The first-order valence-corrected chi connectivity index (χ1v) is 30.3. The molecule has 5 heterocycles. The molecular formula is C58H65F2N8O12PS. The van der Waals surface area contributed by atoms with Crippen LogP contribution in [0.3, 0.4) is 0 Å². The molecular weight excluding hydrogens is 1100 g/mol. The Balaban J connectivity index is 0.787. The molecule has 5 aliphatic rings. The van der Waals surface area contributed by atoms with E-state index in [1.807, 2.05) is 12.1 Å². The van der Waals surface area contributed by atoms with Crippen molar-refractivity contribution < 1.29 is 66.3 Å². The third-order valence-corrected chi connectivity index (χ3v) is 18.2. The van der Waals surface area contributed by atoms with Gasteiger partial charge in [0.25, 0.3) is 11.8 Å². The van der Waals surface area contributed by atoms with Gasteiger partial charge in [-0.2, -0.15) is 8.78 Å². The number of alkyl halides is 2. The minimum atomic E-state index is -5.86. The first-order chi connectivity index (χ1) is 39.2. The molecule has 0 radical (unpaired) electrons. The summed E-state index contributed by atoms with van der Waals surface area (Å²) in [6, 6.07) is 9.66. The summed E-state index contributed by atoms with van der Waals surface area (Å²) in [6.07, 6.45) is 9.28. The number of fused-ring (bicyclic) bond motifs is 2. The van der Waals surface area contributed by atoms with Gasteiger partial charge in [-0.15, -0.1) is 11.3 Å². The Morgan fingerprint density at radius 3 is 2.37 bits per heavy atom. The number of unbranched alkanes of at least 4 members (excludes halogenated alkanes) is 5. The van der Waals surface area contributed by atoms with Crippen LogP contribution in [-0.4, -0.2) is 105 Å². The molecule has 9 N–H and O–H groups in total. The van der Waals surface area contributed by atoms with Crippen LogP contribution in [-0.2, 0) is 63.2 Å². The number of carbonyl (C=O) groups is 9. The van der Waals surface area contributed by atoms with E-state index in [4.69, 9.17) is 5.73 Å². The Morgan fingerprint density at radius 1 is 0.866 bits per heavy atom. The zero-order chi connectivity index (χ0) is 58.5. The van der Waals surface area contributed by atoms with Gasteiger partial charge in [0.15, 0.2) is 0 Å². The number of primary amides is 1. The second-order valence-electron chi connectivity index (χ2n) is 21.7. The number of carbonyl (C=O) groups excluding carboxylic acids is 9. The molecule has 2 fully saturated rings. The van der Waals surface area contributed by atoms with Crippen LogP contribution in [0.1, 0.15) is 151 Å². The van der Waals surface area contributed by atoms with E-state index in [1.165, 1.54) is 21.9 Å². The van der Waals surface area contributed by atoms with Crippen molar-refractivity contribution in [2.24, 2.45) is 11.7 Å². The van der Waals surface area contributed by atoms with E-state index in [0.717, 1.165) is 85.1 Å². The maximum atomic E-state index is 14.6. The lowest BCUT2D eigenvalue weighted by Crippen LogP contribution is -2.59. The fraction of sp³-hybridized carbons (Fsp3) is 0.466. The molecule has 4 aromatic rings.